The largest absolute Gasteiger partial charge is 0.315 e. The summed E-state index contributed by atoms with van der Waals surface area (Å²) in [5.74, 6) is 2.65. The van der Waals surface area contributed by atoms with Crippen LogP contribution in [0.25, 0.3) is 0 Å². The first-order chi connectivity index (χ1) is 4.83. The van der Waals surface area contributed by atoms with Crippen molar-refractivity contribution in [2.45, 2.75) is 25.4 Å². The van der Waals surface area contributed by atoms with Gasteiger partial charge in [0.25, 0.3) is 0 Å². The van der Waals surface area contributed by atoms with Gasteiger partial charge in [-0.25, -0.2) is 0 Å². The normalized spacial score (nSPS) is 27.8. The fourth-order valence-electron chi connectivity index (χ4n) is 1.20. The van der Waals surface area contributed by atoms with Gasteiger partial charge in [0, 0.05) is 12.6 Å². The number of hydrogen-bond acceptors (Lipinski definition) is 2. The summed E-state index contributed by atoms with van der Waals surface area (Å²) in [6.07, 6.45) is 6.42. The molecule has 0 aromatic heterocycles. The summed E-state index contributed by atoms with van der Waals surface area (Å²) >= 11 is 0. The molecular formula is C8H14N2. The van der Waals surface area contributed by atoms with Crippen LogP contribution in [0.3, 0.4) is 0 Å². The van der Waals surface area contributed by atoms with Gasteiger partial charge in [0.05, 0.1) is 6.04 Å². The van der Waals surface area contributed by atoms with Crippen molar-refractivity contribution in [1.82, 2.24) is 10.6 Å². The monoisotopic (exact) mass is 138 g/mol. The maximum atomic E-state index is 5.22. The van der Waals surface area contributed by atoms with E-state index in [9.17, 15) is 0 Å². The zero-order valence-corrected chi connectivity index (χ0v) is 6.35. The predicted octanol–water partition coefficient (Wildman–Crippen LogP) is -0.0404. The molecule has 1 aliphatic heterocycles. The van der Waals surface area contributed by atoms with Crippen molar-refractivity contribution >= 4 is 0 Å². The quantitative estimate of drug-likeness (QED) is 0.523. The van der Waals surface area contributed by atoms with E-state index in [0.29, 0.717) is 6.04 Å². The smallest absolute Gasteiger partial charge is 0.0660 e. The average Bonchev–Trinajstić information content (AvgIpc) is 2.40. The zero-order valence-electron chi connectivity index (χ0n) is 6.35. The molecule has 2 heteroatoms. The van der Waals surface area contributed by atoms with Crippen molar-refractivity contribution in [3.05, 3.63) is 0 Å². The van der Waals surface area contributed by atoms with Gasteiger partial charge in [-0.2, -0.15) is 0 Å². The van der Waals surface area contributed by atoms with Crippen molar-refractivity contribution in [3.63, 3.8) is 0 Å². The Morgan fingerprint density at radius 2 is 2.60 bits per heavy atom. The lowest BCUT2D eigenvalue weighted by molar-refractivity contribution is 0.523. The Hall–Kier alpha value is -0.520. The Morgan fingerprint density at radius 1 is 1.80 bits per heavy atom. The van der Waals surface area contributed by atoms with E-state index in [-0.39, 0.29) is 6.04 Å². The van der Waals surface area contributed by atoms with Gasteiger partial charge in [-0.15, -0.1) is 6.42 Å². The van der Waals surface area contributed by atoms with Crippen molar-refractivity contribution in [2.75, 3.05) is 13.1 Å². The van der Waals surface area contributed by atoms with Crippen molar-refractivity contribution in [2.24, 2.45) is 0 Å². The van der Waals surface area contributed by atoms with Gasteiger partial charge in [-0.1, -0.05) is 5.92 Å². The third-order valence-electron chi connectivity index (χ3n) is 1.80. The van der Waals surface area contributed by atoms with Crippen molar-refractivity contribution in [1.29, 1.82) is 0 Å². The van der Waals surface area contributed by atoms with Crippen LogP contribution < -0.4 is 10.6 Å². The summed E-state index contributed by atoms with van der Waals surface area (Å²) in [7, 11) is 0. The van der Waals surface area contributed by atoms with Gasteiger partial charge < -0.3 is 5.32 Å². The lowest BCUT2D eigenvalue weighted by atomic mass is 10.2. The highest BCUT2D eigenvalue weighted by Gasteiger charge is 2.14. The van der Waals surface area contributed by atoms with Gasteiger partial charge in [0.15, 0.2) is 0 Å². The van der Waals surface area contributed by atoms with Gasteiger partial charge in [0.2, 0.25) is 0 Å². The molecule has 1 heterocycles. The third-order valence-corrected chi connectivity index (χ3v) is 1.80. The molecule has 0 aromatic rings. The fourth-order valence-corrected chi connectivity index (χ4v) is 1.20. The summed E-state index contributed by atoms with van der Waals surface area (Å²) < 4.78 is 0. The predicted molar refractivity (Wildman–Crippen MR) is 42.7 cm³/mol. The van der Waals surface area contributed by atoms with Crippen LogP contribution in [0.15, 0.2) is 0 Å². The molecule has 0 aliphatic carbocycles. The minimum atomic E-state index is 0.213. The van der Waals surface area contributed by atoms with E-state index in [1.54, 1.807) is 0 Å². The standard InChI is InChI=1S/C8H14N2/c1-3-7(2)10-8-4-5-9-6-8/h1,7-10H,4-6H2,2H3. The highest BCUT2D eigenvalue weighted by Crippen LogP contribution is 1.97. The molecule has 10 heavy (non-hydrogen) atoms. The van der Waals surface area contributed by atoms with Gasteiger partial charge in [-0.3, -0.25) is 5.32 Å². The van der Waals surface area contributed by atoms with E-state index >= 15 is 0 Å². The molecule has 2 unspecified atom stereocenters. The molecule has 1 rings (SSSR count). The van der Waals surface area contributed by atoms with Crippen LogP contribution in [0, 0.1) is 12.3 Å². The minimum Gasteiger partial charge on any atom is -0.315 e. The summed E-state index contributed by atoms with van der Waals surface area (Å²) in [5, 5.41) is 6.60. The minimum absolute atomic E-state index is 0.213. The summed E-state index contributed by atoms with van der Waals surface area (Å²) in [6.45, 7) is 4.19. The van der Waals surface area contributed by atoms with E-state index < -0.39 is 0 Å². The lowest BCUT2D eigenvalue weighted by Crippen LogP contribution is -2.36. The van der Waals surface area contributed by atoms with Crippen LogP contribution in [0.1, 0.15) is 13.3 Å². The van der Waals surface area contributed by atoms with Crippen LogP contribution >= 0.6 is 0 Å². The van der Waals surface area contributed by atoms with Gasteiger partial charge in [-0.05, 0) is 19.9 Å². The van der Waals surface area contributed by atoms with Crippen LogP contribution in [0.5, 0.6) is 0 Å². The summed E-state index contributed by atoms with van der Waals surface area (Å²) in [6, 6.07) is 0.802. The Labute approximate surface area is 62.4 Å². The Bertz CT molecular complexity index is 131. The van der Waals surface area contributed by atoms with E-state index in [1.807, 2.05) is 6.92 Å². The SMILES string of the molecule is C#CC(C)NC1CCNC1. The number of terminal acetylenes is 1. The summed E-state index contributed by atoms with van der Waals surface area (Å²) in [5.41, 5.74) is 0. The van der Waals surface area contributed by atoms with Crippen LogP contribution in [-0.2, 0) is 0 Å². The maximum Gasteiger partial charge on any atom is 0.0660 e. The molecule has 1 fully saturated rings. The number of nitrogens with one attached hydrogen (secondary N) is 2. The average molecular weight is 138 g/mol. The Morgan fingerprint density at radius 3 is 3.10 bits per heavy atom. The number of rotatable bonds is 2. The molecule has 0 aromatic carbocycles. The molecule has 2 N–H and O–H groups in total. The zero-order chi connectivity index (χ0) is 7.40. The van der Waals surface area contributed by atoms with Gasteiger partial charge in [0.1, 0.15) is 0 Å². The highest BCUT2D eigenvalue weighted by atomic mass is 15.0. The first kappa shape index (κ1) is 7.59. The molecular weight excluding hydrogens is 124 g/mol. The second-order valence-corrected chi connectivity index (χ2v) is 2.74. The molecule has 0 amide bonds. The maximum absolute atomic E-state index is 5.22. The molecule has 0 bridgehead atoms. The Kier molecular flexibility index (Phi) is 2.73. The van der Waals surface area contributed by atoms with Crippen LogP contribution in [0.2, 0.25) is 0 Å². The molecule has 0 saturated carbocycles. The lowest BCUT2D eigenvalue weighted by Gasteiger charge is -2.12. The molecule has 0 radical (unpaired) electrons. The molecule has 2 nitrogen and oxygen atoms in total. The second kappa shape index (κ2) is 3.60. The second-order valence-electron chi connectivity index (χ2n) is 2.74. The Balaban J connectivity index is 2.19. The highest BCUT2D eigenvalue weighted by molar-refractivity contribution is 4.98. The van der Waals surface area contributed by atoms with Crippen molar-refractivity contribution < 1.29 is 0 Å². The summed E-state index contributed by atoms with van der Waals surface area (Å²) in [4.78, 5) is 0. The first-order valence-corrected chi connectivity index (χ1v) is 3.76. The van der Waals surface area contributed by atoms with Gasteiger partial charge >= 0.3 is 0 Å². The van der Waals surface area contributed by atoms with Crippen molar-refractivity contribution in [3.8, 4) is 12.3 Å². The fraction of sp³-hybridized carbons (Fsp3) is 0.750. The van der Waals surface area contributed by atoms with E-state index in [4.69, 9.17) is 6.42 Å². The molecule has 56 valence electrons. The molecule has 1 saturated heterocycles. The van der Waals surface area contributed by atoms with E-state index in [1.165, 1.54) is 6.42 Å². The van der Waals surface area contributed by atoms with Crippen LogP contribution in [0.4, 0.5) is 0 Å². The topological polar surface area (TPSA) is 24.1 Å². The third kappa shape index (κ3) is 2.02. The van der Waals surface area contributed by atoms with E-state index in [2.05, 4.69) is 16.6 Å². The molecule has 2 atom stereocenters. The molecule has 0 spiro atoms. The van der Waals surface area contributed by atoms with E-state index in [0.717, 1.165) is 13.1 Å². The molecule has 1 aliphatic rings. The van der Waals surface area contributed by atoms with Crippen LogP contribution in [-0.4, -0.2) is 25.2 Å². The number of hydrogen-bond donors (Lipinski definition) is 2. The first-order valence-electron chi connectivity index (χ1n) is 3.76.